The van der Waals surface area contributed by atoms with Crippen LogP contribution < -0.4 is 11.1 Å². The van der Waals surface area contributed by atoms with Gasteiger partial charge in [0.2, 0.25) is 0 Å². The molecule has 0 radical (unpaired) electrons. The van der Waals surface area contributed by atoms with Gasteiger partial charge in [0, 0.05) is 6.54 Å². The van der Waals surface area contributed by atoms with Crippen molar-refractivity contribution >= 4 is 0 Å². The third kappa shape index (κ3) is 4.99. The summed E-state index contributed by atoms with van der Waals surface area (Å²) in [5, 5.41) is 3.27. The quantitative estimate of drug-likeness (QED) is 0.444. The molecule has 11 heavy (non-hydrogen) atoms. The first kappa shape index (κ1) is 10.7. The average molecular weight is 156 g/mol. The van der Waals surface area contributed by atoms with E-state index >= 15 is 0 Å². The molecule has 0 fully saturated rings. The zero-order valence-electron chi connectivity index (χ0n) is 7.64. The maximum absolute atomic E-state index is 5.59. The summed E-state index contributed by atoms with van der Waals surface area (Å²) in [4.78, 5) is 0. The fourth-order valence-electron chi connectivity index (χ4n) is 0.962. The summed E-state index contributed by atoms with van der Waals surface area (Å²) in [5.74, 6) is 1.26. The molecule has 0 spiro atoms. The summed E-state index contributed by atoms with van der Waals surface area (Å²) in [6.45, 7) is 10.7. The van der Waals surface area contributed by atoms with Gasteiger partial charge in [0.05, 0.1) is 0 Å². The lowest BCUT2D eigenvalue weighted by Crippen LogP contribution is -2.31. The molecule has 2 nitrogen and oxygen atoms in total. The Bertz CT molecular complexity index is 99.7. The molecule has 0 aliphatic rings. The van der Waals surface area contributed by atoms with Gasteiger partial charge in [-0.15, -0.1) is 6.58 Å². The number of nitrogens with one attached hydrogen (secondary N) is 1. The van der Waals surface area contributed by atoms with E-state index < -0.39 is 0 Å². The standard InChI is InChI=1S/C9H20N2/c1-4-5-11-7-9(6-10)8(2)3/h4,8-9,11H,1,5-7,10H2,2-3H3. The van der Waals surface area contributed by atoms with Gasteiger partial charge in [0.1, 0.15) is 0 Å². The zero-order valence-corrected chi connectivity index (χ0v) is 7.64. The largest absolute Gasteiger partial charge is 0.330 e. The van der Waals surface area contributed by atoms with E-state index in [9.17, 15) is 0 Å². The van der Waals surface area contributed by atoms with E-state index in [-0.39, 0.29) is 0 Å². The number of hydrogen-bond donors (Lipinski definition) is 2. The van der Waals surface area contributed by atoms with Crippen LogP contribution in [-0.4, -0.2) is 19.6 Å². The molecule has 0 bridgehead atoms. The maximum Gasteiger partial charge on any atom is 0.0132 e. The summed E-state index contributed by atoms with van der Waals surface area (Å²) in [6.07, 6.45) is 1.87. The Morgan fingerprint density at radius 3 is 2.55 bits per heavy atom. The summed E-state index contributed by atoms with van der Waals surface area (Å²) in [5.41, 5.74) is 5.59. The van der Waals surface area contributed by atoms with Gasteiger partial charge in [-0.25, -0.2) is 0 Å². The van der Waals surface area contributed by atoms with Gasteiger partial charge >= 0.3 is 0 Å². The minimum Gasteiger partial charge on any atom is -0.330 e. The second-order valence-electron chi connectivity index (χ2n) is 3.19. The van der Waals surface area contributed by atoms with Crippen LogP contribution >= 0.6 is 0 Å². The van der Waals surface area contributed by atoms with Crippen molar-refractivity contribution in [1.29, 1.82) is 0 Å². The van der Waals surface area contributed by atoms with Crippen molar-refractivity contribution in [2.75, 3.05) is 19.6 Å². The fraction of sp³-hybridized carbons (Fsp3) is 0.778. The molecule has 0 saturated heterocycles. The van der Waals surface area contributed by atoms with Gasteiger partial charge in [-0.3, -0.25) is 0 Å². The Labute approximate surface area is 69.9 Å². The summed E-state index contributed by atoms with van der Waals surface area (Å²) < 4.78 is 0. The Morgan fingerprint density at radius 2 is 2.18 bits per heavy atom. The van der Waals surface area contributed by atoms with Crippen LogP contribution in [0.25, 0.3) is 0 Å². The molecule has 0 rings (SSSR count). The lowest BCUT2D eigenvalue weighted by Gasteiger charge is -2.18. The second kappa shape index (κ2) is 6.38. The van der Waals surface area contributed by atoms with Crippen LogP contribution in [0.3, 0.4) is 0 Å². The zero-order chi connectivity index (χ0) is 8.69. The van der Waals surface area contributed by atoms with Gasteiger partial charge < -0.3 is 11.1 Å². The highest BCUT2D eigenvalue weighted by Crippen LogP contribution is 2.06. The molecule has 0 aromatic rings. The van der Waals surface area contributed by atoms with E-state index in [1.54, 1.807) is 0 Å². The fourth-order valence-corrected chi connectivity index (χ4v) is 0.962. The molecule has 1 unspecified atom stereocenters. The lowest BCUT2D eigenvalue weighted by molar-refractivity contribution is 0.377. The number of rotatable bonds is 6. The van der Waals surface area contributed by atoms with Crippen LogP contribution in [0.2, 0.25) is 0 Å². The smallest absolute Gasteiger partial charge is 0.0132 e. The van der Waals surface area contributed by atoms with Crippen molar-refractivity contribution in [3.63, 3.8) is 0 Å². The molecule has 1 atom stereocenters. The Kier molecular flexibility index (Phi) is 6.18. The minimum absolute atomic E-state index is 0.593. The molecule has 0 heterocycles. The van der Waals surface area contributed by atoms with Crippen molar-refractivity contribution in [3.8, 4) is 0 Å². The topological polar surface area (TPSA) is 38.0 Å². The van der Waals surface area contributed by atoms with Crippen LogP contribution in [0, 0.1) is 11.8 Å². The molecule has 2 heteroatoms. The van der Waals surface area contributed by atoms with Gasteiger partial charge in [-0.05, 0) is 24.9 Å². The number of hydrogen-bond acceptors (Lipinski definition) is 2. The Morgan fingerprint density at radius 1 is 1.55 bits per heavy atom. The molecular formula is C9H20N2. The first-order chi connectivity index (χ1) is 5.22. The van der Waals surface area contributed by atoms with Crippen molar-refractivity contribution < 1.29 is 0 Å². The summed E-state index contributed by atoms with van der Waals surface area (Å²) in [6, 6.07) is 0. The van der Waals surface area contributed by atoms with Crippen LogP contribution in [0.4, 0.5) is 0 Å². The first-order valence-corrected chi connectivity index (χ1v) is 4.24. The average Bonchev–Trinajstić information content (AvgIpc) is 1.97. The molecule has 0 aliphatic heterocycles. The SMILES string of the molecule is C=CCNCC(CN)C(C)C. The van der Waals surface area contributed by atoms with Crippen molar-refractivity contribution in [2.24, 2.45) is 17.6 Å². The molecular weight excluding hydrogens is 136 g/mol. The normalized spacial score (nSPS) is 13.5. The molecule has 66 valence electrons. The highest BCUT2D eigenvalue weighted by Gasteiger charge is 2.09. The highest BCUT2D eigenvalue weighted by atomic mass is 14.9. The first-order valence-electron chi connectivity index (χ1n) is 4.24. The highest BCUT2D eigenvalue weighted by molar-refractivity contribution is 4.73. The van der Waals surface area contributed by atoms with Crippen LogP contribution in [0.15, 0.2) is 12.7 Å². The van der Waals surface area contributed by atoms with Gasteiger partial charge in [0.15, 0.2) is 0 Å². The third-order valence-corrected chi connectivity index (χ3v) is 1.94. The van der Waals surface area contributed by atoms with Crippen LogP contribution in [-0.2, 0) is 0 Å². The second-order valence-corrected chi connectivity index (χ2v) is 3.19. The van der Waals surface area contributed by atoms with E-state index in [0.717, 1.165) is 19.6 Å². The summed E-state index contributed by atoms with van der Waals surface area (Å²) in [7, 11) is 0. The predicted octanol–water partition coefficient (Wildman–Crippen LogP) is 0.993. The molecule has 0 aromatic carbocycles. The predicted molar refractivity (Wildman–Crippen MR) is 50.4 cm³/mol. The van der Waals surface area contributed by atoms with Crippen LogP contribution in [0.5, 0.6) is 0 Å². The molecule has 0 aliphatic carbocycles. The van der Waals surface area contributed by atoms with E-state index in [0.29, 0.717) is 11.8 Å². The van der Waals surface area contributed by atoms with E-state index in [1.165, 1.54) is 0 Å². The van der Waals surface area contributed by atoms with Gasteiger partial charge in [0.25, 0.3) is 0 Å². The van der Waals surface area contributed by atoms with Crippen LogP contribution in [0.1, 0.15) is 13.8 Å². The molecule has 0 aromatic heterocycles. The van der Waals surface area contributed by atoms with Crippen molar-refractivity contribution in [1.82, 2.24) is 5.32 Å². The van der Waals surface area contributed by atoms with E-state index in [1.807, 2.05) is 6.08 Å². The lowest BCUT2D eigenvalue weighted by atomic mass is 9.96. The minimum atomic E-state index is 0.593. The molecule has 3 N–H and O–H groups in total. The van der Waals surface area contributed by atoms with Gasteiger partial charge in [-0.2, -0.15) is 0 Å². The van der Waals surface area contributed by atoms with Crippen molar-refractivity contribution in [3.05, 3.63) is 12.7 Å². The Balaban J connectivity index is 3.43. The third-order valence-electron chi connectivity index (χ3n) is 1.94. The maximum atomic E-state index is 5.59. The van der Waals surface area contributed by atoms with Gasteiger partial charge in [-0.1, -0.05) is 19.9 Å². The number of nitrogens with two attached hydrogens (primary N) is 1. The Hall–Kier alpha value is -0.340. The van der Waals surface area contributed by atoms with Crippen molar-refractivity contribution in [2.45, 2.75) is 13.8 Å². The molecule has 0 saturated carbocycles. The van der Waals surface area contributed by atoms with E-state index in [4.69, 9.17) is 5.73 Å². The molecule has 0 amide bonds. The monoisotopic (exact) mass is 156 g/mol. The van der Waals surface area contributed by atoms with E-state index in [2.05, 4.69) is 25.7 Å². The summed E-state index contributed by atoms with van der Waals surface area (Å²) >= 11 is 0.